The Morgan fingerprint density at radius 1 is 1.70 bits per heavy atom. The zero-order valence-electron chi connectivity index (χ0n) is 5.96. The van der Waals surface area contributed by atoms with Crippen LogP contribution in [0.1, 0.15) is 13.3 Å². The van der Waals surface area contributed by atoms with Gasteiger partial charge in [0.25, 0.3) is 0 Å². The first kappa shape index (κ1) is 7.11. The lowest BCUT2D eigenvalue weighted by atomic mass is 10.1. The highest BCUT2D eigenvalue weighted by Gasteiger charge is 2.01. The summed E-state index contributed by atoms with van der Waals surface area (Å²) < 4.78 is 0. The van der Waals surface area contributed by atoms with Crippen molar-refractivity contribution in [2.45, 2.75) is 19.4 Å². The zero-order valence-corrected chi connectivity index (χ0v) is 5.96. The van der Waals surface area contributed by atoms with Crippen LogP contribution < -0.4 is 0 Å². The molecule has 1 unspecified atom stereocenters. The molecule has 0 heterocycles. The van der Waals surface area contributed by atoms with Crippen LogP contribution in [-0.4, -0.2) is 11.2 Å². The van der Waals surface area contributed by atoms with Gasteiger partial charge < -0.3 is 5.11 Å². The van der Waals surface area contributed by atoms with Gasteiger partial charge in [-0.15, -0.1) is 5.92 Å². The Balaban J connectivity index is 2.73. The van der Waals surface area contributed by atoms with E-state index in [0.29, 0.717) is 0 Å². The van der Waals surface area contributed by atoms with Crippen molar-refractivity contribution in [3.05, 3.63) is 23.8 Å². The molecule has 0 aromatic carbocycles. The molecule has 0 spiro atoms. The van der Waals surface area contributed by atoms with Crippen LogP contribution in [0.3, 0.4) is 0 Å². The number of aliphatic hydroxyl groups excluding tert-OH is 1. The summed E-state index contributed by atoms with van der Waals surface area (Å²) in [4.78, 5) is 0. The van der Waals surface area contributed by atoms with Gasteiger partial charge in [0.05, 0.1) is 6.10 Å². The number of hydrogen-bond acceptors (Lipinski definition) is 1. The Labute approximate surface area is 61.1 Å². The third-order valence-corrected chi connectivity index (χ3v) is 1.32. The van der Waals surface area contributed by atoms with Crippen LogP contribution in [0, 0.1) is 11.8 Å². The molecule has 0 aromatic heterocycles. The maximum absolute atomic E-state index is 9.11. The molecule has 0 saturated carbocycles. The first-order chi connectivity index (χ1) is 4.83. The molecule has 1 rings (SSSR count). The lowest BCUT2D eigenvalue weighted by molar-refractivity contribution is 0.225. The summed E-state index contributed by atoms with van der Waals surface area (Å²) in [6.45, 7) is 1.79. The maximum atomic E-state index is 9.11. The molecule has 0 fully saturated rings. The lowest BCUT2D eigenvalue weighted by Crippen LogP contribution is -2.03. The number of hydrogen-bond donors (Lipinski definition) is 1. The molecular formula is C9H10O. The van der Waals surface area contributed by atoms with Gasteiger partial charge in [-0.1, -0.05) is 18.1 Å². The van der Waals surface area contributed by atoms with Gasteiger partial charge in [-0.2, -0.15) is 0 Å². The number of aliphatic hydroxyl groups is 1. The first-order valence-corrected chi connectivity index (χ1v) is 3.32. The van der Waals surface area contributed by atoms with E-state index in [1.807, 2.05) is 12.2 Å². The average molecular weight is 134 g/mol. The molecule has 0 bridgehead atoms. The molecule has 0 aromatic rings. The SMILES string of the molecule is CC#CC1=CC(O)CC=C1. The van der Waals surface area contributed by atoms with E-state index in [-0.39, 0.29) is 6.10 Å². The molecule has 1 aliphatic rings. The van der Waals surface area contributed by atoms with Crippen molar-refractivity contribution in [2.24, 2.45) is 0 Å². The maximum Gasteiger partial charge on any atom is 0.0770 e. The predicted octanol–water partition coefficient (Wildman–Crippen LogP) is 1.26. The fourth-order valence-corrected chi connectivity index (χ4v) is 0.893. The van der Waals surface area contributed by atoms with E-state index in [0.717, 1.165) is 12.0 Å². The Bertz CT molecular complexity index is 225. The molecule has 1 aliphatic carbocycles. The molecule has 1 N–H and O–H groups in total. The Morgan fingerprint density at radius 3 is 3.10 bits per heavy atom. The second kappa shape index (κ2) is 3.24. The highest BCUT2D eigenvalue weighted by Crippen LogP contribution is 2.08. The van der Waals surface area contributed by atoms with Crippen molar-refractivity contribution in [1.29, 1.82) is 0 Å². The van der Waals surface area contributed by atoms with Gasteiger partial charge in [0.1, 0.15) is 0 Å². The molecule has 0 aliphatic heterocycles. The van der Waals surface area contributed by atoms with Gasteiger partial charge in [0.2, 0.25) is 0 Å². The predicted molar refractivity (Wildman–Crippen MR) is 41.3 cm³/mol. The molecule has 52 valence electrons. The molecule has 1 nitrogen and oxygen atoms in total. The standard InChI is InChI=1S/C9H10O/c1-2-4-8-5-3-6-9(10)7-8/h3,5,7,9-10H,6H2,1H3. The lowest BCUT2D eigenvalue weighted by Gasteiger charge is -2.06. The van der Waals surface area contributed by atoms with E-state index >= 15 is 0 Å². The van der Waals surface area contributed by atoms with Crippen molar-refractivity contribution in [3.63, 3.8) is 0 Å². The van der Waals surface area contributed by atoms with Crippen LogP contribution in [-0.2, 0) is 0 Å². The monoisotopic (exact) mass is 134 g/mol. The molecular weight excluding hydrogens is 124 g/mol. The summed E-state index contributed by atoms with van der Waals surface area (Å²) >= 11 is 0. The highest BCUT2D eigenvalue weighted by molar-refractivity contribution is 5.40. The van der Waals surface area contributed by atoms with Crippen molar-refractivity contribution in [2.75, 3.05) is 0 Å². The van der Waals surface area contributed by atoms with Gasteiger partial charge in [-0.25, -0.2) is 0 Å². The first-order valence-electron chi connectivity index (χ1n) is 3.32. The van der Waals surface area contributed by atoms with Gasteiger partial charge in [-0.05, 0) is 19.4 Å². The van der Waals surface area contributed by atoms with Crippen molar-refractivity contribution >= 4 is 0 Å². The Morgan fingerprint density at radius 2 is 2.50 bits per heavy atom. The summed E-state index contributed by atoms with van der Waals surface area (Å²) in [6, 6.07) is 0. The normalized spacial score (nSPS) is 23.0. The summed E-state index contributed by atoms with van der Waals surface area (Å²) in [5.74, 6) is 5.66. The minimum Gasteiger partial charge on any atom is -0.389 e. The third-order valence-electron chi connectivity index (χ3n) is 1.32. The Hall–Kier alpha value is -1.00. The van der Waals surface area contributed by atoms with E-state index < -0.39 is 0 Å². The fourth-order valence-electron chi connectivity index (χ4n) is 0.893. The van der Waals surface area contributed by atoms with E-state index in [1.54, 1.807) is 13.0 Å². The van der Waals surface area contributed by atoms with E-state index in [9.17, 15) is 0 Å². The smallest absolute Gasteiger partial charge is 0.0770 e. The van der Waals surface area contributed by atoms with Crippen LogP contribution in [0.2, 0.25) is 0 Å². The molecule has 10 heavy (non-hydrogen) atoms. The molecule has 0 radical (unpaired) electrons. The van der Waals surface area contributed by atoms with Gasteiger partial charge in [0, 0.05) is 5.57 Å². The Kier molecular flexibility index (Phi) is 2.30. The van der Waals surface area contributed by atoms with Crippen molar-refractivity contribution < 1.29 is 5.11 Å². The molecule has 1 heteroatoms. The van der Waals surface area contributed by atoms with Crippen LogP contribution in [0.5, 0.6) is 0 Å². The van der Waals surface area contributed by atoms with Crippen molar-refractivity contribution in [1.82, 2.24) is 0 Å². The third kappa shape index (κ3) is 1.75. The summed E-state index contributed by atoms with van der Waals surface area (Å²) in [6.07, 6.45) is 6.03. The quantitative estimate of drug-likeness (QED) is 0.494. The minimum atomic E-state index is -0.333. The second-order valence-electron chi connectivity index (χ2n) is 2.20. The summed E-state index contributed by atoms with van der Waals surface area (Å²) in [5.41, 5.74) is 0.918. The highest BCUT2D eigenvalue weighted by atomic mass is 16.3. The molecule has 0 saturated heterocycles. The van der Waals surface area contributed by atoms with Crippen LogP contribution in [0.15, 0.2) is 23.8 Å². The largest absolute Gasteiger partial charge is 0.389 e. The van der Waals surface area contributed by atoms with Gasteiger partial charge >= 0.3 is 0 Å². The second-order valence-corrected chi connectivity index (χ2v) is 2.20. The summed E-state index contributed by atoms with van der Waals surface area (Å²) in [7, 11) is 0. The van der Waals surface area contributed by atoms with Crippen LogP contribution in [0.4, 0.5) is 0 Å². The van der Waals surface area contributed by atoms with E-state index in [1.165, 1.54) is 0 Å². The van der Waals surface area contributed by atoms with E-state index in [2.05, 4.69) is 11.8 Å². The molecule has 1 atom stereocenters. The number of allylic oxidation sites excluding steroid dienone is 2. The van der Waals surface area contributed by atoms with E-state index in [4.69, 9.17) is 5.11 Å². The van der Waals surface area contributed by atoms with Gasteiger partial charge in [0.15, 0.2) is 0 Å². The van der Waals surface area contributed by atoms with Crippen LogP contribution >= 0.6 is 0 Å². The number of rotatable bonds is 0. The molecule has 0 amide bonds. The van der Waals surface area contributed by atoms with Gasteiger partial charge in [-0.3, -0.25) is 0 Å². The summed E-state index contributed by atoms with van der Waals surface area (Å²) in [5, 5.41) is 9.11. The van der Waals surface area contributed by atoms with Crippen molar-refractivity contribution in [3.8, 4) is 11.8 Å². The zero-order chi connectivity index (χ0) is 7.40. The van der Waals surface area contributed by atoms with Crippen LogP contribution in [0.25, 0.3) is 0 Å². The minimum absolute atomic E-state index is 0.333. The fraction of sp³-hybridized carbons (Fsp3) is 0.333. The average Bonchev–Trinajstić information content (AvgIpc) is 1.88. The topological polar surface area (TPSA) is 20.2 Å².